The molecule has 3 aromatic rings. The summed E-state index contributed by atoms with van der Waals surface area (Å²) in [6, 6.07) is 7.19. The lowest BCUT2D eigenvalue weighted by atomic mass is 10.1. The molecule has 4 nitrogen and oxygen atoms in total. The molecule has 0 aliphatic carbocycles. The molecule has 2 heterocycles. The molecule has 0 bridgehead atoms. The summed E-state index contributed by atoms with van der Waals surface area (Å²) in [7, 11) is 0. The molecule has 2 N–H and O–H groups in total. The first-order chi connectivity index (χ1) is 8.25. The highest BCUT2D eigenvalue weighted by atomic mass is 35.5. The molecule has 0 saturated heterocycles. The van der Waals surface area contributed by atoms with E-state index in [0.717, 1.165) is 16.8 Å². The van der Waals surface area contributed by atoms with Gasteiger partial charge in [0, 0.05) is 34.2 Å². The van der Waals surface area contributed by atoms with Crippen LogP contribution < -0.4 is 5.73 Å². The highest BCUT2D eigenvalue weighted by Crippen LogP contribution is 2.30. The fourth-order valence-electron chi connectivity index (χ4n) is 1.78. The number of nitrogens with two attached hydrogens (primary N) is 1. The molecule has 0 fully saturated rings. The first-order valence-corrected chi connectivity index (χ1v) is 5.47. The van der Waals surface area contributed by atoms with Gasteiger partial charge in [0.25, 0.3) is 0 Å². The van der Waals surface area contributed by atoms with Crippen LogP contribution >= 0.6 is 11.6 Å². The van der Waals surface area contributed by atoms with Gasteiger partial charge in [0.1, 0.15) is 0 Å². The van der Waals surface area contributed by atoms with Crippen LogP contribution in [-0.4, -0.2) is 14.6 Å². The van der Waals surface area contributed by atoms with Gasteiger partial charge in [-0.2, -0.15) is 5.10 Å². The van der Waals surface area contributed by atoms with Crippen LogP contribution in [0.25, 0.3) is 16.8 Å². The maximum Gasteiger partial charge on any atom is 0.162 e. The van der Waals surface area contributed by atoms with Gasteiger partial charge in [-0.1, -0.05) is 11.6 Å². The van der Waals surface area contributed by atoms with E-state index in [9.17, 15) is 0 Å². The third-order valence-electron chi connectivity index (χ3n) is 2.58. The van der Waals surface area contributed by atoms with Crippen molar-refractivity contribution in [2.24, 2.45) is 0 Å². The molecule has 2 aromatic heterocycles. The number of fused-ring (bicyclic) bond motifs is 1. The molecular weight excluding hydrogens is 236 g/mol. The van der Waals surface area contributed by atoms with Crippen LogP contribution in [0.5, 0.6) is 0 Å². The Balaban J connectivity index is 2.31. The largest absolute Gasteiger partial charge is 0.398 e. The number of hydrogen-bond acceptors (Lipinski definition) is 3. The number of nitrogen functional groups attached to an aromatic ring is 1. The van der Waals surface area contributed by atoms with Crippen LogP contribution in [0.3, 0.4) is 0 Å². The average molecular weight is 245 g/mol. The Bertz CT molecular complexity index is 690. The molecule has 0 amide bonds. The number of anilines is 1. The maximum absolute atomic E-state index is 5.98. The van der Waals surface area contributed by atoms with Crippen LogP contribution in [0.15, 0.2) is 42.9 Å². The Hall–Kier alpha value is -2.07. The molecule has 0 spiro atoms. The van der Waals surface area contributed by atoms with Crippen molar-refractivity contribution in [3.05, 3.63) is 47.9 Å². The third kappa shape index (κ3) is 1.62. The zero-order chi connectivity index (χ0) is 11.8. The molecule has 0 aliphatic rings. The molecule has 17 heavy (non-hydrogen) atoms. The predicted molar refractivity (Wildman–Crippen MR) is 67.8 cm³/mol. The first-order valence-electron chi connectivity index (χ1n) is 5.09. The second kappa shape index (κ2) is 3.75. The lowest BCUT2D eigenvalue weighted by molar-refractivity contribution is 0.939. The Morgan fingerprint density at radius 1 is 1.24 bits per heavy atom. The van der Waals surface area contributed by atoms with Gasteiger partial charge < -0.3 is 5.73 Å². The SMILES string of the molecule is Nc1ccc(Cl)cc1-c1cnn2cccnc12. The highest BCUT2D eigenvalue weighted by molar-refractivity contribution is 6.31. The summed E-state index contributed by atoms with van der Waals surface area (Å²) in [4.78, 5) is 4.29. The van der Waals surface area contributed by atoms with Gasteiger partial charge in [-0.3, -0.25) is 0 Å². The molecule has 3 rings (SSSR count). The molecular formula is C12H9ClN4. The number of rotatable bonds is 1. The summed E-state index contributed by atoms with van der Waals surface area (Å²) in [6.45, 7) is 0. The lowest BCUT2D eigenvalue weighted by Crippen LogP contribution is -1.91. The van der Waals surface area contributed by atoms with Crippen LogP contribution in [-0.2, 0) is 0 Å². The zero-order valence-corrected chi connectivity index (χ0v) is 9.59. The lowest BCUT2D eigenvalue weighted by Gasteiger charge is -2.03. The summed E-state index contributed by atoms with van der Waals surface area (Å²) in [5.74, 6) is 0. The van der Waals surface area contributed by atoms with Crippen molar-refractivity contribution in [2.45, 2.75) is 0 Å². The van der Waals surface area contributed by atoms with Gasteiger partial charge in [-0.15, -0.1) is 0 Å². The predicted octanol–water partition coefficient (Wildman–Crippen LogP) is 2.63. The van der Waals surface area contributed by atoms with E-state index in [1.165, 1.54) is 0 Å². The van der Waals surface area contributed by atoms with E-state index in [4.69, 9.17) is 17.3 Å². The molecule has 84 valence electrons. The Labute approximate surface area is 103 Å². The number of benzene rings is 1. The van der Waals surface area contributed by atoms with Gasteiger partial charge in [-0.05, 0) is 24.3 Å². The third-order valence-corrected chi connectivity index (χ3v) is 2.82. The van der Waals surface area contributed by atoms with E-state index >= 15 is 0 Å². The van der Waals surface area contributed by atoms with Crippen molar-refractivity contribution >= 4 is 22.9 Å². The fraction of sp³-hybridized carbons (Fsp3) is 0. The van der Waals surface area contributed by atoms with Crippen molar-refractivity contribution < 1.29 is 0 Å². The van der Waals surface area contributed by atoms with E-state index in [0.29, 0.717) is 10.7 Å². The summed E-state index contributed by atoms with van der Waals surface area (Å²) >= 11 is 5.98. The van der Waals surface area contributed by atoms with Crippen molar-refractivity contribution in [2.75, 3.05) is 5.73 Å². The van der Waals surface area contributed by atoms with Crippen molar-refractivity contribution in [3.63, 3.8) is 0 Å². The quantitative estimate of drug-likeness (QED) is 0.670. The summed E-state index contributed by atoms with van der Waals surface area (Å²) < 4.78 is 1.70. The van der Waals surface area contributed by atoms with E-state index in [2.05, 4.69) is 10.1 Å². The maximum atomic E-state index is 5.98. The van der Waals surface area contributed by atoms with Gasteiger partial charge in [0.15, 0.2) is 5.65 Å². The van der Waals surface area contributed by atoms with Crippen LogP contribution in [0.2, 0.25) is 5.02 Å². The zero-order valence-electron chi connectivity index (χ0n) is 8.84. The van der Waals surface area contributed by atoms with Gasteiger partial charge in [-0.25, -0.2) is 9.50 Å². The average Bonchev–Trinajstić information content (AvgIpc) is 2.76. The van der Waals surface area contributed by atoms with Crippen LogP contribution in [0.4, 0.5) is 5.69 Å². The molecule has 0 unspecified atom stereocenters. The minimum atomic E-state index is 0.643. The molecule has 0 aliphatic heterocycles. The highest BCUT2D eigenvalue weighted by Gasteiger charge is 2.10. The number of nitrogens with zero attached hydrogens (tertiary/aromatic N) is 3. The van der Waals surface area contributed by atoms with Crippen LogP contribution in [0, 0.1) is 0 Å². The van der Waals surface area contributed by atoms with Crippen LogP contribution in [0.1, 0.15) is 0 Å². The molecule has 0 atom stereocenters. The number of halogens is 1. The molecule has 0 saturated carbocycles. The minimum absolute atomic E-state index is 0.643. The molecule has 1 aromatic carbocycles. The summed E-state index contributed by atoms with van der Waals surface area (Å²) in [5, 5.41) is 4.86. The standard InChI is InChI=1S/C12H9ClN4/c13-8-2-3-11(14)9(6-8)10-7-16-17-5-1-4-15-12(10)17/h1-7H,14H2. The second-order valence-electron chi connectivity index (χ2n) is 3.68. The monoisotopic (exact) mass is 244 g/mol. The topological polar surface area (TPSA) is 56.2 Å². The van der Waals surface area contributed by atoms with E-state index < -0.39 is 0 Å². The summed E-state index contributed by atoms with van der Waals surface area (Å²) in [5.41, 5.74) is 9.11. The van der Waals surface area contributed by atoms with E-state index in [1.807, 2.05) is 18.3 Å². The second-order valence-corrected chi connectivity index (χ2v) is 4.11. The Morgan fingerprint density at radius 2 is 2.12 bits per heavy atom. The van der Waals surface area contributed by atoms with Crippen molar-refractivity contribution in [3.8, 4) is 11.1 Å². The van der Waals surface area contributed by atoms with Gasteiger partial charge >= 0.3 is 0 Å². The Morgan fingerprint density at radius 3 is 3.00 bits per heavy atom. The molecule has 0 radical (unpaired) electrons. The van der Waals surface area contributed by atoms with E-state index in [-0.39, 0.29) is 0 Å². The van der Waals surface area contributed by atoms with Crippen molar-refractivity contribution in [1.29, 1.82) is 0 Å². The normalized spacial score (nSPS) is 10.9. The van der Waals surface area contributed by atoms with E-state index in [1.54, 1.807) is 29.0 Å². The smallest absolute Gasteiger partial charge is 0.162 e. The first kappa shape index (κ1) is 10.1. The van der Waals surface area contributed by atoms with Gasteiger partial charge in [0.2, 0.25) is 0 Å². The van der Waals surface area contributed by atoms with Gasteiger partial charge in [0.05, 0.1) is 6.20 Å². The number of aromatic nitrogens is 3. The summed E-state index contributed by atoms with van der Waals surface area (Å²) in [6.07, 6.45) is 5.30. The van der Waals surface area contributed by atoms with Crippen molar-refractivity contribution in [1.82, 2.24) is 14.6 Å². The molecule has 5 heteroatoms. The fourth-order valence-corrected chi connectivity index (χ4v) is 1.95. The Kier molecular flexibility index (Phi) is 2.23. The number of hydrogen-bond donors (Lipinski definition) is 1. The minimum Gasteiger partial charge on any atom is -0.398 e.